The largest absolute Gasteiger partial charge is 0.396 e. The summed E-state index contributed by atoms with van der Waals surface area (Å²) in [5.74, 6) is 0.503. The van der Waals surface area contributed by atoms with Gasteiger partial charge >= 0.3 is 0 Å². The molecular formula is C11H17NOS. The van der Waals surface area contributed by atoms with E-state index in [2.05, 4.69) is 22.4 Å². The molecule has 78 valence electrons. The van der Waals surface area contributed by atoms with Crippen LogP contribution in [0.2, 0.25) is 0 Å². The number of hydrogen-bond donors (Lipinski definition) is 1. The molecule has 0 spiro atoms. The van der Waals surface area contributed by atoms with Gasteiger partial charge in [-0.2, -0.15) is 0 Å². The third-order valence-corrected chi connectivity index (χ3v) is 3.68. The van der Waals surface area contributed by atoms with Crippen molar-refractivity contribution in [3.05, 3.63) is 22.4 Å². The van der Waals surface area contributed by atoms with Crippen LogP contribution in [0.3, 0.4) is 0 Å². The van der Waals surface area contributed by atoms with Crippen molar-refractivity contribution < 1.29 is 5.11 Å². The summed E-state index contributed by atoms with van der Waals surface area (Å²) in [6, 6.07) is 4.29. The first kappa shape index (κ1) is 10.1. The summed E-state index contributed by atoms with van der Waals surface area (Å²) >= 11 is 1.82. The molecule has 1 fully saturated rings. The topological polar surface area (TPSA) is 23.5 Å². The number of likely N-dealkylation sites (tertiary alicyclic amines) is 1. The molecule has 0 bridgehead atoms. The van der Waals surface area contributed by atoms with E-state index in [9.17, 15) is 0 Å². The molecule has 0 aliphatic carbocycles. The number of aliphatic hydroxyl groups excluding tert-OH is 1. The van der Waals surface area contributed by atoms with E-state index in [1.807, 2.05) is 11.3 Å². The fourth-order valence-electron chi connectivity index (χ4n) is 2.07. The molecule has 14 heavy (non-hydrogen) atoms. The van der Waals surface area contributed by atoms with Crippen LogP contribution in [0.5, 0.6) is 0 Å². The fraction of sp³-hybridized carbons (Fsp3) is 0.636. The Kier molecular flexibility index (Phi) is 3.56. The summed E-state index contributed by atoms with van der Waals surface area (Å²) in [4.78, 5) is 3.89. The number of thiophene rings is 1. The normalized spacial score (nSPS) is 23.9. The van der Waals surface area contributed by atoms with Gasteiger partial charge in [0, 0.05) is 24.6 Å². The molecule has 2 heterocycles. The van der Waals surface area contributed by atoms with Gasteiger partial charge in [0.15, 0.2) is 0 Å². The van der Waals surface area contributed by atoms with Crippen LogP contribution in [0, 0.1) is 5.92 Å². The Morgan fingerprint density at radius 1 is 1.57 bits per heavy atom. The quantitative estimate of drug-likeness (QED) is 0.826. The monoisotopic (exact) mass is 211 g/mol. The van der Waals surface area contributed by atoms with Crippen molar-refractivity contribution in [1.82, 2.24) is 4.90 Å². The van der Waals surface area contributed by atoms with E-state index in [-0.39, 0.29) is 0 Å². The summed E-state index contributed by atoms with van der Waals surface area (Å²) in [6.07, 6.45) is 2.42. The molecule has 1 saturated heterocycles. The van der Waals surface area contributed by atoms with Crippen LogP contribution in [-0.2, 0) is 6.54 Å². The first-order chi connectivity index (χ1) is 6.88. The highest BCUT2D eigenvalue weighted by Gasteiger charge is 2.19. The highest BCUT2D eigenvalue weighted by Crippen LogP contribution is 2.19. The molecule has 0 amide bonds. The van der Waals surface area contributed by atoms with Crippen molar-refractivity contribution in [3.63, 3.8) is 0 Å². The molecule has 0 radical (unpaired) electrons. The smallest absolute Gasteiger partial charge is 0.0471 e. The Balaban J connectivity index is 1.86. The van der Waals surface area contributed by atoms with Crippen LogP contribution in [0.25, 0.3) is 0 Å². The zero-order chi connectivity index (χ0) is 9.80. The van der Waals surface area contributed by atoms with E-state index in [1.165, 1.54) is 24.3 Å². The van der Waals surface area contributed by atoms with E-state index in [4.69, 9.17) is 5.11 Å². The predicted octanol–water partition coefficient (Wildman–Crippen LogP) is 1.95. The van der Waals surface area contributed by atoms with Crippen LogP contribution >= 0.6 is 11.3 Å². The van der Waals surface area contributed by atoms with Crippen molar-refractivity contribution in [3.8, 4) is 0 Å². The SMILES string of the molecule is OCC1CCCN(Cc2cccs2)C1. The molecule has 1 aromatic heterocycles. The highest BCUT2D eigenvalue weighted by atomic mass is 32.1. The minimum atomic E-state index is 0.348. The van der Waals surface area contributed by atoms with Gasteiger partial charge in [-0.3, -0.25) is 4.90 Å². The molecular weight excluding hydrogens is 194 g/mol. The zero-order valence-corrected chi connectivity index (χ0v) is 9.17. The number of rotatable bonds is 3. The van der Waals surface area contributed by atoms with E-state index < -0.39 is 0 Å². The average Bonchev–Trinajstić information content (AvgIpc) is 2.71. The van der Waals surface area contributed by atoms with Crippen molar-refractivity contribution >= 4 is 11.3 Å². The summed E-state index contributed by atoms with van der Waals surface area (Å²) in [5.41, 5.74) is 0. The van der Waals surface area contributed by atoms with Gasteiger partial charge in [-0.15, -0.1) is 11.3 Å². The molecule has 2 nitrogen and oxygen atoms in total. The third kappa shape index (κ3) is 2.56. The van der Waals surface area contributed by atoms with Crippen LogP contribution < -0.4 is 0 Å². The number of piperidine rings is 1. The van der Waals surface area contributed by atoms with Gasteiger partial charge in [-0.1, -0.05) is 6.07 Å². The van der Waals surface area contributed by atoms with Crippen LogP contribution in [-0.4, -0.2) is 29.7 Å². The van der Waals surface area contributed by atoms with Crippen LogP contribution in [0.1, 0.15) is 17.7 Å². The molecule has 1 aliphatic rings. The molecule has 1 atom stereocenters. The summed E-state index contributed by atoms with van der Waals surface area (Å²) < 4.78 is 0. The first-order valence-corrected chi connectivity index (χ1v) is 6.12. The van der Waals surface area contributed by atoms with Gasteiger partial charge in [-0.25, -0.2) is 0 Å². The number of nitrogens with zero attached hydrogens (tertiary/aromatic N) is 1. The number of aliphatic hydroxyl groups is 1. The van der Waals surface area contributed by atoms with Gasteiger partial charge in [-0.05, 0) is 36.8 Å². The van der Waals surface area contributed by atoms with Crippen molar-refractivity contribution in [2.75, 3.05) is 19.7 Å². The Hall–Kier alpha value is -0.380. The van der Waals surface area contributed by atoms with Gasteiger partial charge in [0.2, 0.25) is 0 Å². The molecule has 0 saturated carbocycles. The lowest BCUT2D eigenvalue weighted by molar-refractivity contribution is 0.116. The lowest BCUT2D eigenvalue weighted by Crippen LogP contribution is -2.36. The Bertz CT molecular complexity index is 260. The average molecular weight is 211 g/mol. The van der Waals surface area contributed by atoms with E-state index >= 15 is 0 Å². The maximum Gasteiger partial charge on any atom is 0.0471 e. The van der Waals surface area contributed by atoms with E-state index in [1.54, 1.807) is 0 Å². The van der Waals surface area contributed by atoms with Crippen molar-refractivity contribution in [2.24, 2.45) is 5.92 Å². The second-order valence-corrected chi connectivity index (χ2v) is 5.04. The molecule has 3 heteroatoms. The van der Waals surface area contributed by atoms with Crippen molar-refractivity contribution in [1.29, 1.82) is 0 Å². The maximum absolute atomic E-state index is 9.11. The molecule has 1 aromatic rings. The lowest BCUT2D eigenvalue weighted by Gasteiger charge is -2.31. The van der Waals surface area contributed by atoms with Gasteiger partial charge in [0.1, 0.15) is 0 Å². The number of hydrogen-bond acceptors (Lipinski definition) is 3. The van der Waals surface area contributed by atoms with Crippen LogP contribution in [0.4, 0.5) is 0 Å². The minimum absolute atomic E-state index is 0.348. The summed E-state index contributed by atoms with van der Waals surface area (Å²) in [5, 5.41) is 11.2. The van der Waals surface area contributed by atoms with Crippen LogP contribution in [0.15, 0.2) is 17.5 Å². The first-order valence-electron chi connectivity index (χ1n) is 5.24. The van der Waals surface area contributed by atoms with Gasteiger partial charge in [0.25, 0.3) is 0 Å². The summed E-state index contributed by atoms with van der Waals surface area (Å²) in [7, 11) is 0. The second kappa shape index (κ2) is 4.91. The molecule has 0 aromatic carbocycles. The third-order valence-electron chi connectivity index (χ3n) is 2.82. The van der Waals surface area contributed by atoms with E-state index in [0.29, 0.717) is 12.5 Å². The van der Waals surface area contributed by atoms with Gasteiger partial charge < -0.3 is 5.11 Å². The van der Waals surface area contributed by atoms with Crippen molar-refractivity contribution in [2.45, 2.75) is 19.4 Å². The molecule has 1 unspecified atom stereocenters. The fourth-order valence-corrected chi connectivity index (χ4v) is 2.81. The molecule has 1 aliphatic heterocycles. The molecule has 1 N–H and O–H groups in total. The minimum Gasteiger partial charge on any atom is -0.396 e. The molecule has 2 rings (SSSR count). The van der Waals surface area contributed by atoms with Gasteiger partial charge in [0.05, 0.1) is 0 Å². The highest BCUT2D eigenvalue weighted by molar-refractivity contribution is 7.09. The maximum atomic E-state index is 9.11. The Morgan fingerprint density at radius 2 is 2.50 bits per heavy atom. The van der Waals surface area contributed by atoms with E-state index in [0.717, 1.165) is 13.1 Å². The summed E-state index contributed by atoms with van der Waals surface area (Å²) in [6.45, 7) is 3.66. The Labute approximate surface area is 89.2 Å². The predicted molar refractivity (Wildman–Crippen MR) is 59.4 cm³/mol. The second-order valence-electron chi connectivity index (χ2n) is 4.01. The zero-order valence-electron chi connectivity index (χ0n) is 8.35. The lowest BCUT2D eigenvalue weighted by atomic mass is 9.99. The Morgan fingerprint density at radius 3 is 3.21 bits per heavy atom. The standard InChI is InChI=1S/C11H17NOS/c13-9-10-3-1-5-12(7-10)8-11-4-2-6-14-11/h2,4,6,10,13H,1,3,5,7-9H2.